The molecular weight excluding hydrogens is 348 g/mol. The Morgan fingerprint density at radius 3 is 2.61 bits per heavy atom. The molecule has 0 bridgehead atoms. The monoisotopic (exact) mass is 374 g/mol. The molecule has 0 radical (unpaired) electrons. The highest BCUT2D eigenvalue weighted by molar-refractivity contribution is 6.08. The zero-order valence-electron chi connectivity index (χ0n) is 16.5. The Bertz CT molecular complexity index is 975. The van der Waals surface area contributed by atoms with Crippen LogP contribution in [0.15, 0.2) is 47.7 Å². The third-order valence-corrected chi connectivity index (χ3v) is 7.26. The van der Waals surface area contributed by atoms with E-state index in [0.29, 0.717) is 11.9 Å². The second-order valence-corrected chi connectivity index (χ2v) is 8.80. The number of amides is 1. The van der Waals surface area contributed by atoms with Gasteiger partial charge in [-0.3, -0.25) is 14.7 Å². The van der Waals surface area contributed by atoms with E-state index in [4.69, 9.17) is 10.7 Å². The average Bonchev–Trinajstić information content (AvgIpc) is 3.12. The van der Waals surface area contributed by atoms with Crippen LogP contribution in [-0.4, -0.2) is 28.8 Å². The summed E-state index contributed by atoms with van der Waals surface area (Å²) in [5.74, 6) is 1.07. The molecular formula is C23H26N4O. The van der Waals surface area contributed by atoms with Gasteiger partial charge in [-0.25, -0.2) is 4.99 Å². The number of carbonyl (C=O) groups is 1. The number of pyridine rings is 1. The van der Waals surface area contributed by atoms with Crippen LogP contribution in [0.4, 0.5) is 0 Å². The number of hydrogen-bond donors (Lipinski definition) is 1. The number of rotatable bonds is 1. The molecule has 1 atom stereocenters. The summed E-state index contributed by atoms with van der Waals surface area (Å²) in [6.45, 7) is 2.31. The lowest BCUT2D eigenvalue weighted by Gasteiger charge is -2.45. The lowest BCUT2D eigenvalue weighted by Crippen LogP contribution is -2.50. The molecule has 1 aliphatic heterocycles. The third-order valence-electron chi connectivity index (χ3n) is 7.26. The van der Waals surface area contributed by atoms with Crippen molar-refractivity contribution in [2.45, 2.75) is 44.6 Å². The Kier molecular flexibility index (Phi) is 3.67. The molecule has 5 heteroatoms. The second-order valence-electron chi connectivity index (χ2n) is 8.80. The Balaban J connectivity index is 1.71. The summed E-state index contributed by atoms with van der Waals surface area (Å²) in [5.41, 5.74) is 9.56. The van der Waals surface area contributed by atoms with Gasteiger partial charge in [0.1, 0.15) is 0 Å². The molecule has 2 N–H and O–H groups in total. The molecule has 144 valence electrons. The van der Waals surface area contributed by atoms with Gasteiger partial charge in [-0.1, -0.05) is 38.0 Å². The fourth-order valence-corrected chi connectivity index (χ4v) is 5.57. The molecule has 1 amide bonds. The largest absolute Gasteiger partial charge is 0.369 e. The van der Waals surface area contributed by atoms with E-state index in [1.54, 1.807) is 18.1 Å². The van der Waals surface area contributed by atoms with Crippen molar-refractivity contribution in [3.05, 3.63) is 53.9 Å². The van der Waals surface area contributed by atoms with Crippen LogP contribution in [0.1, 0.15) is 43.7 Å². The van der Waals surface area contributed by atoms with Crippen molar-refractivity contribution in [1.29, 1.82) is 0 Å². The molecule has 5 rings (SSSR count). The standard InChI is InChI=1S/C23H26N4O/c1-15-7-9-22(10-8-15)13-17-6-5-16(18-4-3-11-25-14-18)12-19(17)23(22)20(28)27(2)21(24)26-23/h3-6,11-12,14-15H,7-10,13H2,1-2H3,(H2,24,26). The van der Waals surface area contributed by atoms with Crippen LogP contribution in [0.3, 0.4) is 0 Å². The number of aromatic nitrogens is 1. The highest BCUT2D eigenvalue weighted by atomic mass is 16.2. The number of carbonyl (C=O) groups excluding carboxylic acids is 1. The summed E-state index contributed by atoms with van der Waals surface area (Å²) in [4.78, 5) is 24.3. The number of fused-ring (bicyclic) bond motifs is 3. The van der Waals surface area contributed by atoms with Gasteiger partial charge in [0.05, 0.1) is 0 Å². The number of nitrogens with zero attached hydrogens (tertiary/aromatic N) is 3. The summed E-state index contributed by atoms with van der Waals surface area (Å²) in [6, 6.07) is 10.5. The first-order valence-corrected chi connectivity index (χ1v) is 10.1. The van der Waals surface area contributed by atoms with Crippen LogP contribution in [-0.2, 0) is 16.8 Å². The molecule has 1 fully saturated rings. The highest BCUT2D eigenvalue weighted by Crippen LogP contribution is 2.62. The topological polar surface area (TPSA) is 71.6 Å². The first kappa shape index (κ1) is 17.4. The minimum Gasteiger partial charge on any atom is -0.369 e. The lowest BCUT2D eigenvalue weighted by molar-refractivity contribution is -0.136. The van der Waals surface area contributed by atoms with Gasteiger partial charge in [0, 0.05) is 24.9 Å². The van der Waals surface area contributed by atoms with Gasteiger partial charge < -0.3 is 5.73 Å². The van der Waals surface area contributed by atoms with Gasteiger partial charge in [0.2, 0.25) is 0 Å². The van der Waals surface area contributed by atoms with Crippen LogP contribution in [0.5, 0.6) is 0 Å². The van der Waals surface area contributed by atoms with E-state index >= 15 is 0 Å². The number of benzene rings is 1. The van der Waals surface area contributed by atoms with E-state index < -0.39 is 5.54 Å². The number of guanidine groups is 1. The summed E-state index contributed by atoms with van der Waals surface area (Å²) < 4.78 is 0. The molecule has 1 aromatic heterocycles. The summed E-state index contributed by atoms with van der Waals surface area (Å²) in [6.07, 6.45) is 8.84. The molecule has 1 saturated carbocycles. The first-order chi connectivity index (χ1) is 13.5. The predicted molar refractivity (Wildman–Crippen MR) is 110 cm³/mol. The van der Waals surface area contributed by atoms with E-state index in [1.807, 2.05) is 12.3 Å². The maximum atomic E-state index is 13.6. The van der Waals surface area contributed by atoms with Crippen LogP contribution in [0.25, 0.3) is 11.1 Å². The van der Waals surface area contributed by atoms with E-state index in [1.165, 1.54) is 5.56 Å². The van der Waals surface area contributed by atoms with E-state index in [0.717, 1.165) is 48.8 Å². The Morgan fingerprint density at radius 1 is 1.18 bits per heavy atom. The Hall–Kier alpha value is -2.69. The summed E-state index contributed by atoms with van der Waals surface area (Å²) in [5, 5.41) is 0. The van der Waals surface area contributed by atoms with Crippen molar-refractivity contribution >= 4 is 11.9 Å². The number of hydrogen-bond acceptors (Lipinski definition) is 4. The highest BCUT2D eigenvalue weighted by Gasteiger charge is 2.66. The molecule has 1 aromatic carbocycles. The third kappa shape index (κ3) is 2.16. The van der Waals surface area contributed by atoms with Gasteiger partial charge in [0.25, 0.3) is 5.91 Å². The molecule has 2 heterocycles. The molecule has 3 aliphatic rings. The molecule has 1 unspecified atom stereocenters. The van der Waals surface area contributed by atoms with Gasteiger partial charge in [-0.15, -0.1) is 0 Å². The fourth-order valence-electron chi connectivity index (χ4n) is 5.57. The maximum Gasteiger partial charge on any atom is 0.262 e. The van der Waals surface area contributed by atoms with Gasteiger partial charge in [0.15, 0.2) is 11.5 Å². The van der Waals surface area contributed by atoms with E-state index in [9.17, 15) is 4.79 Å². The van der Waals surface area contributed by atoms with Crippen LogP contribution >= 0.6 is 0 Å². The minimum atomic E-state index is -0.875. The zero-order chi connectivity index (χ0) is 19.5. The Morgan fingerprint density at radius 2 is 1.96 bits per heavy atom. The van der Waals surface area contributed by atoms with Crippen molar-refractivity contribution in [2.75, 3.05) is 7.05 Å². The lowest BCUT2D eigenvalue weighted by atomic mass is 9.60. The van der Waals surface area contributed by atoms with Crippen LogP contribution in [0, 0.1) is 11.3 Å². The van der Waals surface area contributed by atoms with E-state index in [-0.39, 0.29) is 11.3 Å². The smallest absolute Gasteiger partial charge is 0.262 e. The SMILES string of the molecule is CC1CCC2(CC1)Cc1ccc(-c3cccnc3)cc1C21N=C(N)N(C)C1=O. The van der Waals surface area contributed by atoms with Crippen molar-refractivity contribution in [2.24, 2.45) is 22.1 Å². The van der Waals surface area contributed by atoms with E-state index in [2.05, 4.69) is 36.2 Å². The molecule has 5 nitrogen and oxygen atoms in total. The summed E-state index contributed by atoms with van der Waals surface area (Å²) in [7, 11) is 1.75. The van der Waals surface area contributed by atoms with Crippen molar-refractivity contribution in [1.82, 2.24) is 9.88 Å². The molecule has 2 aliphatic carbocycles. The maximum absolute atomic E-state index is 13.6. The summed E-state index contributed by atoms with van der Waals surface area (Å²) >= 11 is 0. The van der Waals surface area contributed by atoms with Gasteiger partial charge in [-0.2, -0.15) is 0 Å². The van der Waals surface area contributed by atoms with Gasteiger partial charge in [-0.05, 0) is 59.6 Å². The number of aliphatic imine (C=N–C) groups is 1. The minimum absolute atomic E-state index is 0.0293. The quantitative estimate of drug-likeness (QED) is 0.831. The van der Waals surface area contributed by atoms with Crippen LogP contribution in [0.2, 0.25) is 0 Å². The fraction of sp³-hybridized carbons (Fsp3) is 0.435. The Labute approximate surface area is 165 Å². The van der Waals surface area contributed by atoms with Crippen molar-refractivity contribution in [3.63, 3.8) is 0 Å². The normalized spacial score (nSPS) is 31.5. The first-order valence-electron chi connectivity index (χ1n) is 10.1. The predicted octanol–water partition coefficient (Wildman–Crippen LogP) is 3.48. The van der Waals surface area contributed by atoms with Gasteiger partial charge >= 0.3 is 0 Å². The molecule has 28 heavy (non-hydrogen) atoms. The van der Waals surface area contributed by atoms with Crippen LogP contribution < -0.4 is 5.73 Å². The second kappa shape index (κ2) is 5.90. The molecule has 2 aromatic rings. The number of likely N-dealkylation sites (N-methyl/N-ethyl adjacent to an activating group) is 1. The number of nitrogens with two attached hydrogens (primary N) is 1. The average molecular weight is 374 g/mol. The van der Waals surface area contributed by atoms with Crippen molar-refractivity contribution < 1.29 is 4.79 Å². The molecule has 0 saturated heterocycles. The zero-order valence-corrected chi connectivity index (χ0v) is 16.5. The van der Waals surface area contributed by atoms with Crippen molar-refractivity contribution in [3.8, 4) is 11.1 Å². The molecule has 2 spiro atoms.